The summed E-state index contributed by atoms with van der Waals surface area (Å²) in [4.78, 5) is 11.0. The van der Waals surface area contributed by atoms with Gasteiger partial charge in [-0.3, -0.25) is 0 Å². The third kappa shape index (κ3) is 2.20. The monoisotopic (exact) mass is 234 g/mol. The molecule has 0 saturated carbocycles. The minimum Gasteiger partial charge on any atom is -0.490 e. The lowest BCUT2D eigenvalue weighted by Gasteiger charge is -2.09. The van der Waals surface area contributed by atoms with Crippen molar-refractivity contribution in [3.8, 4) is 5.75 Å². The number of hydrogen-bond donors (Lipinski definition) is 1. The molecular weight excluding hydrogens is 223 g/mol. The Labute approximate surface area is 97.4 Å². The number of aromatic carboxylic acids is 1. The first-order valence-electron chi connectivity index (χ1n) is 5.18. The van der Waals surface area contributed by atoms with Crippen LogP contribution in [0, 0.1) is 0 Å². The Hall–Kier alpha value is -2.10. The topological polar surface area (TPSA) is 46.5 Å². The van der Waals surface area contributed by atoms with Crippen LogP contribution in [0.4, 0.5) is 4.39 Å². The van der Waals surface area contributed by atoms with E-state index in [1.165, 1.54) is 6.07 Å². The average Bonchev–Trinajstić information content (AvgIpc) is 2.35. The Balaban J connectivity index is 2.58. The number of carbonyl (C=O) groups is 1. The van der Waals surface area contributed by atoms with Gasteiger partial charge in [0.05, 0.1) is 5.56 Å². The largest absolute Gasteiger partial charge is 0.490 e. The van der Waals surface area contributed by atoms with Crippen molar-refractivity contribution in [2.24, 2.45) is 0 Å². The van der Waals surface area contributed by atoms with E-state index in [9.17, 15) is 9.18 Å². The zero-order valence-electron chi connectivity index (χ0n) is 9.02. The standard InChI is InChI=1S/C13H11FO3/c14-7-8-17-12-6-5-11(13(15)16)9-3-1-2-4-10(9)12/h1-6H,7-8H2,(H,15,16). The second-order valence-corrected chi connectivity index (χ2v) is 3.50. The Bertz CT molecular complexity index is 551. The number of rotatable bonds is 4. The molecule has 4 heteroatoms. The predicted molar refractivity (Wildman–Crippen MR) is 62.4 cm³/mol. The van der Waals surface area contributed by atoms with Gasteiger partial charge in [0.25, 0.3) is 0 Å². The molecule has 88 valence electrons. The molecule has 0 unspecified atom stereocenters. The zero-order valence-corrected chi connectivity index (χ0v) is 9.02. The summed E-state index contributed by atoms with van der Waals surface area (Å²) in [5, 5.41) is 10.3. The molecule has 1 N–H and O–H groups in total. The van der Waals surface area contributed by atoms with Crippen LogP contribution in [0.3, 0.4) is 0 Å². The van der Waals surface area contributed by atoms with Crippen molar-refractivity contribution in [2.45, 2.75) is 0 Å². The molecule has 0 radical (unpaired) electrons. The van der Waals surface area contributed by atoms with Crippen LogP contribution in [0.2, 0.25) is 0 Å². The van der Waals surface area contributed by atoms with Gasteiger partial charge in [-0.15, -0.1) is 0 Å². The minimum absolute atomic E-state index is 0.0313. The maximum Gasteiger partial charge on any atom is 0.336 e. The molecular formula is C13H11FO3. The molecule has 0 bridgehead atoms. The fourth-order valence-electron chi connectivity index (χ4n) is 1.73. The summed E-state index contributed by atoms with van der Waals surface area (Å²) >= 11 is 0. The SMILES string of the molecule is O=C(O)c1ccc(OCCF)c2ccccc12. The van der Waals surface area contributed by atoms with Crippen LogP contribution in [0.15, 0.2) is 36.4 Å². The molecule has 2 aromatic carbocycles. The van der Waals surface area contributed by atoms with Gasteiger partial charge >= 0.3 is 5.97 Å². The molecule has 0 aliphatic carbocycles. The van der Waals surface area contributed by atoms with Gasteiger partial charge in [-0.25, -0.2) is 9.18 Å². The lowest BCUT2D eigenvalue weighted by atomic mass is 10.0. The van der Waals surface area contributed by atoms with Crippen LogP contribution >= 0.6 is 0 Å². The lowest BCUT2D eigenvalue weighted by Crippen LogP contribution is -2.02. The summed E-state index contributed by atoms with van der Waals surface area (Å²) in [6.07, 6.45) is 0. The number of carboxylic acids is 1. The molecule has 0 atom stereocenters. The summed E-state index contributed by atoms with van der Waals surface area (Å²) in [5.74, 6) is -0.485. The van der Waals surface area contributed by atoms with E-state index in [1.54, 1.807) is 30.3 Å². The highest BCUT2D eigenvalue weighted by Crippen LogP contribution is 2.28. The summed E-state index contributed by atoms with van der Waals surface area (Å²) in [7, 11) is 0. The number of benzene rings is 2. The third-order valence-corrected chi connectivity index (χ3v) is 2.45. The van der Waals surface area contributed by atoms with E-state index in [-0.39, 0.29) is 12.2 Å². The number of ether oxygens (including phenoxy) is 1. The number of fused-ring (bicyclic) bond motifs is 1. The first-order chi connectivity index (χ1) is 8.24. The second-order valence-electron chi connectivity index (χ2n) is 3.50. The molecule has 0 amide bonds. The molecule has 0 aliphatic rings. The van der Waals surface area contributed by atoms with Crippen LogP contribution in [0.5, 0.6) is 5.75 Å². The van der Waals surface area contributed by atoms with Gasteiger partial charge in [0.2, 0.25) is 0 Å². The fourth-order valence-corrected chi connectivity index (χ4v) is 1.73. The molecule has 17 heavy (non-hydrogen) atoms. The Morgan fingerprint density at radius 3 is 2.53 bits per heavy atom. The van der Waals surface area contributed by atoms with Crippen LogP contribution in [-0.2, 0) is 0 Å². The predicted octanol–water partition coefficient (Wildman–Crippen LogP) is 2.89. The second kappa shape index (κ2) is 4.82. The average molecular weight is 234 g/mol. The smallest absolute Gasteiger partial charge is 0.336 e. The van der Waals surface area contributed by atoms with Crippen molar-refractivity contribution in [3.05, 3.63) is 42.0 Å². The molecule has 0 heterocycles. The molecule has 0 aromatic heterocycles. The van der Waals surface area contributed by atoms with Gasteiger partial charge in [0.1, 0.15) is 19.0 Å². The van der Waals surface area contributed by atoms with E-state index in [1.807, 2.05) is 0 Å². The first-order valence-corrected chi connectivity index (χ1v) is 5.18. The van der Waals surface area contributed by atoms with Gasteiger partial charge in [0, 0.05) is 5.39 Å². The highest BCUT2D eigenvalue weighted by molar-refractivity contribution is 6.05. The van der Waals surface area contributed by atoms with Gasteiger partial charge in [-0.05, 0) is 17.5 Å². The van der Waals surface area contributed by atoms with Crippen molar-refractivity contribution in [3.63, 3.8) is 0 Å². The molecule has 0 saturated heterocycles. The van der Waals surface area contributed by atoms with Crippen LogP contribution in [0.25, 0.3) is 10.8 Å². The van der Waals surface area contributed by atoms with Crippen LogP contribution in [-0.4, -0.2) is 24.4 Å². The zero-order chi connectivity index (χ0) is 12.3. The minimum atomic E-state index is -0.988. The Morgan fingerprint density at radius 1 is 1.18 bits per heavy atom. The van der Waals surface area contributed by atoms with Crippen LogP contribution in [0.1, 0.15) is 10.4 Å². The fraction of sp³-hybridized carbons (Fsp3) is 0.154. The molecule has 0 spiro atoms. The molecule has 0 fully saturated rings. The summed E-state index contributed by atoms with van der Waals surface area (Å²) < 4.78 is 17.3. The van der Waals surface area contributed by atoms with Gasteiger partial charge in [-0.2, -0.15) is 0 Å². The molecule has 3 nitrogen and oxygen atoms in total. The molecule has 2 rings (SSSR count). The van der Waals surface area contributed by atoms with E-state index < -0.39 is 12.6 Å². The van der Waals surface area contributed by atoms with Crippen molar-refractivity contribution in [2.75, 3.05) is 13.3 Å². The molecule has 0 aliphatic heterocycles. The maximum atomic E-state index is 12.1. The van der Waals surface area contributed by atoms with E-state index in [4.69, 9.17) is 9.84 Å². The van der Waals surface area contributed by atoms with Gasteiger partial charge in [-0.1, -0.05) is 24.3 Å². The highest BCUT2D eigenvalue weighted by Gasteiger charge is 2.11. The lowest BCUT2D eigenvalue weighted by molar-refractivity contribution is 0.0699. The van der Waals surface area contributed by atoms with E-state index in [0.29, 0.717) is 16.5 Å². The molecule has 2 aromatic rings. The number of hydrogen-bond acceptors (Lipinski definition) is 2. The maximum absolute atomic E-state index is 12.1. The summed E-state index contributed by atoms with van der Waals surface area (Å²) in [6.45, 7) is -0.606. The summed E-state index contributed by atoms with van der Waals surface area (Å²) in [6, 6.07) is 10.0. The normalized spacial score (nSPS) is 10.4. The van der Waals surface area contributed by atoms with Gasteiger partial charge < -0.3 is 9.84 Å². The van der Waals surface area contributed by atoms with Gasteiger partial charge in [0.15, 0.2) is 0 Å². The van der Waals surface area contributed by atoms with Crippen LogP contribution < -0.4 is 4.74 Å². The number of carboxylic acid groups (broad SMARTS) is 1. The highest BCUT2D eigenvalue weighted by atomic mass is 19.1. The van der Waals surface area contributed by atoms with E-state index in [2.05, 4.69) is 0 Å². The Kier molecular flexibility index (Phi) is 3.23. The first kappa shape index (κ1) is 11.4. The third-order valence-electron chi connectivity index (χ3n) is 2.45. The van der Waals surface area contributed by atoms with E-state index in [0.717, 1.165) is 0 Å². The Morgan fingerprint density at radius 2 is 1.88 bits per heavy atom. The number of halogens is 1. The van der Waals surface area contributed by atoms with Crippen molar-refractivity contribution in [1.82, 2.24) is 0 Å². The van der Waals surface area contributed by atoms with E-state index >= 15 is 0 Å². The van der Waals surface area contributed by atoms with Crippen molar-refractivity contribution in [1.29, 1.82) is 0 Å². The number of alkyl halides is 1. The van der Waals surface area contributed by atoms with Crippen molar-refractivity contribution >= 4 is 16.7 Å². The van der Waals surface area contributed by atoms with Crippen molar-refractivity contribution < 1.29 is 19.0 Å². The quantitative estimate of drug-likeness (QED) is 0.884. The summed E-state index contributed by atoms with van der Waals surface area (Å²) in [5.41, 5.74) is 0.216.